The standard InChI is InChI=1S/C31H40O6Si/c1-32-31-30(35-22-26-18-12-7-13-19-26)29(34-21-25-16-10-6-11-17-25)28(37-38(2,3)4)27(36-31)23-33-20-24-14-8-5-9-15-24/h5-19,27-31H,20-23H2,1-4H3/t27?,28?,29?,30?,31-/m0/s1. The molecule has 1 aliphatic rings. The van der Waals surface area contributed by atoms with Gasteiger partial charge in [0.05, 0.1) is 26.4 Å². The fourth-order valence-electron chi connectivity index (χ4n) is 4.52. The lowest BCUT2D eigenvalue weighted by molar-refractivity contribution is -0.313. The molecule has 1 saturated heterocycles. The second-order valence-corrected chi connectivity index (χ2v) is 15.0. The second-order valence-electron chi connectivity index (χ2n) is 10.5. The SMILES string of the molecule is CO[C@H]1OC(COCc2ccccc2)C(O[Si](C)(C)C)C(OCc2ccccc2)C1OCc1ccccc1. The lowest BCUT2D eigenvalue weighted by Crippen LogP contribution is -2.63. The Morgan fingerprint density at radius 2 is 1.11 bits per heavy atom. The molecule has 1 heterocycles. The minimum absolute atomic E-state index is 0.348. The normalized spacial score (nSPS) is 23.8. The smallest absolute Gasteiger partial charge is 0.186 e. The van der Waals surface area contributed by atoms with Gasteiger partial charge >= 0.3 is 0 Å². The molecular weight excluding hydrogens is 496 g/mol. The molecule has 6 nitrogen and oxygen atoms in total. The van der Waals surface area contributed by atoms with Crippen LogP contribution in [0.4, 0.5) is 0 Å². The lowest BCUT2D eigenvalue weighted by Gasteiger charge is -2.47. The highest BCUT2D eigenvalue weighted by Gasteiger charge is 2.49. The highest BCUT2D eigenvalue weighted by molar-refractivity contribution is 6.69. The van der Waals surface area contributed by atoms with Gasteiger partial charge in [-0.1, -0.05) is 91.0 Å². The fraction of sp³-hybridized carbons (Fsp3) is 0.419. The van der Waals surface area contributed by atoms with E-state index in [1.54, 1.807) is 7.11 Å². The minimum atomic E-state index is -2.00. The topological polar surface area (TPSA) is 55.4 Å². The van der Waals surface area contributed by atoms with Crippen molar-refractivity contribution in [2.75, 3.05) is 13.7 Å². The van der Waals surface area contributed by atoms with Gasteiger partial charge in [-0.05, 0) is 36.3 Å². The van der Waals surface area contributed by atoms with Crippen molar-refractivity contribution in [3.63, 3.8) is 0 Å². The molecule has 5 atom stereocenters. The molecule has 4 unspecified atom stereocenters. The molecule has 0 spiro atoms. The molecule has 38 heavy (non-hydrogen) atoms. The minimum Gasteiger partial charge on any atom is -0.409 e. The van der Waals surface area contributed by atoms with Crippen molar-refractivity contribution in [2.24, 2.45) is 0 Å². The van der Waals surface area contributed by atoms with Crippen LogP contribution in [0.1, 0.15) is 16.7 Å². The van der Waals surface area contributed by atoms with E-state index in [4.69, 9.17) is 28.1 Å². The van der Waals surface area contributed by atoms with Crippen molar-refractivity contribution in [1.29, 1.82) is 0 Å². The van der Waals surface area contributed by atoms with Gasteiger partial charge in [0.1, 0.15) is 24.4 Å². The summed E-state index contributed by atoms with van der Waals surface area (Å²) in [6.45, 7) is 8.19. The summed E-state index contributed by atoms with van der Waals surface area (Å²) in [6, 6.07) is 30.4. The molecule has 0 saturated carbocycles. The van der Waals surface area contributed by atoms with E-state index in [2.05, 4.69) is 43.9 Å². The first-order valence-electron chi connectivity index (χ1n) is 13.2. The van der Waals surface area contributed by atoms with Gasteiger partial charge in [0.2, 0.25) is 0 Å². The molecule has 3 aromatic rings. The molecule has 204 valence electrons. The molecule has 1 fully saturated rings. The van der Waals surface area contributed by atoms with E-state index < -0.39 is 26.8 Å². The van der Waals surface area contributed by atoms with Crippen molar-refractivity contribution < 1.29 is 28.1 Å². The van der Waals surface area contributed by atoms with Gasteiger partial charge in [-0.15, -0.1) is 0 Å². The third-order valence-corrected chi connectivity index (χ3v) is 7.26. The van der Waals surface area contributed by atoms with E-state index in [1.807, 2.05) is 66.7 Å². The Bertz CT molecular complexity index is 1060. The summed E-state index contributed by atoms with van der Waals surface area (Å²) in [5.74, 6) is 0. The molecule has 0 bridgehead atoms. The Morgan fingerprint density at radius 3 is 1.58 bits per heavy atom. The molecule has 0 amide bonds. The average Bonchev–Trinajstić information content (AvgIpc) is 2.93. The fourth-order valence-corrected chi connectivity index (χ4v) is 5.62. The maximum Gasteiger partial charge on any atom is 0.186 e. The molecule has 3 aromatic carbocycles. The van der Waals surface area contributed by atoms with Crippen LogP contribution in [-0.2, 0) is 47.9 Å². The molecule has 0 aromatic heterocycles. The van der Waals surface area contributed by atoms with Crippen molar-refractivity contribution in [1.82, 2.24) is 0 Å². The first-order valence-corrected chi connectivity index (χ1v) is 16.6. The number of methoxy groups -OCH3 is 1. The van der Waals surface area contributed by atoms with E-state index in [9.17, 15) is 0 Å². The van der Waals surface area contributed by atoms with E-state index in [0.29, 0.717) is 26.4 Å². The van der Waals surface area contributed by atoms with Crippen LogP contribution < -0.4 is 0 Å². The lowest BCUT2D eigenvalue weighted by atomic mass is 9.98. The average molecular weight is 537 g/mol. The van der Waals surface area contributed by atoms with Crippen molar-refractivity contribution in [3.8, 4) is 0 Å². The first-order chi connectivity index (χ1) is 18.4. The zero-order chi connectivity index (χ0) is 26.8. The van der Waals surface area contributed by atoms with Crippen LogP contribution in [0, 0.1) is 0 Å². The number of ether oxygens (including phenoxy) is 5. The third kappa shape index (κ3) is 8.58. The Labute approximate surface area is 227 Å². The number of rotatable bonds is 13. The van der Waals surface area contributed by atoms with Crippen molar-refractivity contribution in [3.05, 3.63) is 108 Å². The quantitative estimate of drug-likeness (QED) is 0.251. The molecule has 0 radical (unpaired) electrons. The summed E-state index contributed by atoms with van der Waals surface area (Å²) >= 11 is 0. The summed E-state index contributed by atoms with van der Waals surface area (Å²) in [5.41, 5.74) is 3.26. The molecule has 4 rings (SSSR count). The monoisotopic (exact) mass is 536 g/mol. The van der Waals surface area contributed by atoms with Crippen molar-refractivity contribution in [2.45, 2.75) is 70.2 Å². The van der Waals surface area contributed by atoms with Crippen LogP contribution in [0.2, 0.25) is 19.6 Å². The Balaban J connectivity index is 1.56. The van der Waals surface area contributed by atoms with Gasteiger partial charge in [-0.2, -0.15) is 0 Å². The van der Waals surface area contributed by atoms with Crippen LogP contribution in [0.25, 0.3) is 0 Å². The largest absolute Gasteiger partial charge is 0.409 e. The molecule has 0 aliphatic carbocycles. The summed E-state index contributed by atoms with van der Waals surface area (Å²) in [5, 5.41) is 0. The van der Waals surface area contributed by atoms with Crippen LogP contribution in [0.3, 0.4) is 0 Å². The Kier molecular flexibility index (Phi) is 10.7. The van der Waals surface area contributed by atoms with Gasteiger partial charge in [0, 0.05) is 7.11 Å². The summed E-state index contributed by atoms with van der Waals surface area (Å²) in [6.07, 6.45) is -2.31. The second kappa shape index (κ2) is 14.1. The van der Waals surface area contributed by atoms with E-state index >= 15 is 0 Å². The zero-order valence-corrected chi connectivity index (χ0v) is 23.8. The van der Waals surface area contributed by atoms with Crippen LogP contribution in [-0.4, -0.2) is 52.7 Å². The van der Waals surface area contributed by atoms with Gasteiger partial charge in [-0.25, -0.2) is 0 Å². The maximum atomic E-state index is 6.74. The van der Waals surface area contributed by atoms with Gasteiger partial charge in [0.25, 0.3) is 0 Å². The third-order valence-electron chi connectivity index (χ3n) is 6.28. The predicted octanol–water partition coefficient (Wildman–Crippen LogP) is 5.97. The zero-order valence-electron chi connectivity index (χ0n) is 22.8. The van der Waals surface area contributed by atoms with E-state index in [1.165, 1.54) is 0 Å². The summed E-state index contributed by atoms with van der Waals surface area (Å²) in [4.78, 5) is 0. The highest BCUT2D eigenvalue weighted by atomic mass is 28.4. The van der Waals surface area contributed by atoms with Gasteiger partial charge in [0.15, 0.2) is 14.6 Å². The van der Waals surface area contributed by atoms with Gasteiger partial charge in [-0.3, -0.25) is 0 Å². The van der Waals surface area contributed by atoms with Crippen LogP contribution in [0.15, 0.2) is 91.0 Å². The van der Waals surface area contributed by atoms with Gasteiger partial charge < -0.3 is 28.1 Å². The Morgan fingerprint density at radius 1 is 0.632 bits per heavy atom. The molecular formula is C31H40O6Si. The molecule has 1 aliphatic heterocycles. The predicted molar refractivity (Wildman–Crippen MR) is 150 cm³/mol. The maximum absolute atomic E-state index is 6.74. The first kappa shape index (κ1) is 28.6. The molecule has 7 heteroatoms. The number of hydrogen-bond donors (Lipinski definition) is 0. The number of hydrogen-bond acceptors (Lipinski definition) is 6. The van der Waals surface area contributed by atoms with Crippen LogP contribution in [0.5, 0.6) is 0 Å². The molecule has 0 N–H and O–H groups in total. The van der Waals surface area contributed by atoms with Crippen LogP contribution >= 0.6 is 0 Å². The summed E-state index contributed by atoms with van der Waals surface area (Å²) in [7, 11) is -0.362. The Hall–Kier alpha value is -2.36. The van der Waals surface area contributed by atoms with E-state index in [-0.39, 0.29) is 12.2 Å². The van der Waals surface area contributed by atoms with Crippen molar-refractivity contribution >= 4 is 8.32 Å². The van der Waals surface area contributed by atoms with E-state index in [0.717, 1.165) is 16.7 Å². The number of benzene rings is 3. The summed E-state index contributed by atoms with van der Waals surface area (Å²) < 4.78 is 38.2. The highest BCUT2D eigenvalue weighted by Crippen LogP contribution is 2.32.